The van der Waals surface area contributed by atoms with Crippen molar-refractivity contribution in [2.24, 2.45) is 5.41 Å². The first-order valence-corrected chi connectivity index (χ1v) is 3.53. The van der Waals surface area contributed by atoms with E-state index < -0.39 is 0 Å². The van der Waals surface area contributed by atoms with Crippen LogP contribution in [0.15, 0.2) is 0 Å². The highest BCUT2D eigenvalue weighted by Crippen LogP contribution is 2.49. The van der Waals surface area contributed by atoms with E-state index in [2.05, 4.69) is 5.32 Å². The number of hydrogen-bond donors (Lipinski definition) is 1. The van der Waals surface area contributed by atoms with Crippen LogP contribution in [-0.4, -0.2) is 18.9 Å². The van der Waals surface area contributed by atoms with E-state index in [1.165, 1.54) is 12.8 Å². The van der Waals surface area contributed by atoms with Crippen molar-refractivity contribution in [3.8, 4) is 0 Å². The fourth-order valence-electron chi connectivity index (χ4n) is 1.54. The van der Waals surface area contributed by atoms with Crippen LogP contribution in [0.3, 0.4) is 0 Å². The van der Waals surface area contributed by atoms with E-state index in [9.17, 15) is 4.79 Å². The van der Waals surface area contributed by atoms with Crippen molar-refractivity contribution < 1.29 is 4.79 Å². The largest absolute Gasteiger partial charge is 0.309 e. The average Bonchev–Trinajstić information content (AvgIpc) is 2.49. The predicted molar refractivity (Wildman–Crippen MR) is 34.2 cm³/mol. The SMILES string of the molecule is O=C1CNCC2(CC2)C1. The highest BCUT2D eigenvalue weighted by Gasteiger charge is 2.45. The molecule has 2 fully saturated rings. The maximum Gasteiger partial charge on any atom is 0.147 e. The van der Waals surface area contributed by atoms with Gasteiger partial charge in [0.2, 0.25) is 0 Å². The summed E-state index contributed by atoms with van der Waals surface area (Å²) in [5.74, 6) is 0.402. The summed E-state index contributed by atoms with van der Waals surface area (Å²) in [6.45, 7) is 1.69. The topological polar surface area (TPSA) is 29.1 Å². The van der Waals surface area contributed by atoms with Crippen molar-refractivity contribution in [3.05, 3.63) is 0 Å². The van der Waals surface area contributed by atoms with E-state index in [0.717, 1.165) is 13.0 Å². The van der Waals surface area contributed by atoms with Crippen LogP contribution in [-0.2, 0) is 4.79 Å². The molecule has 1 N–H and O–H groups in total. The van der Waals surface area contributed by atoms with Gasteiger partial charge in [0.15, 0.2) is 0 Å². The van der Waals surface area contributed by atoms with Crippen LogP contribution in [0.2, 0.25) is 0 Å². The Kier molecular flexibility index (Phi) is 0.943. The normalized spacial score (nSPS) is 30.9. The van der Waals surface area contributed by atoms with E-state index in [0.29, 0.717) is 17.7 Å². The van der Waals surface area contributed by atoms with Crippen LogP contribution in [0.1, 0.15) is 19.3 Å². The molecule has 0 unspecified atom stereocenters. The molecule has 2 rings (SSSR count). The summed E-state index contributed by atoms with van der Waals surface area (Å²) in [4.78, 5) is 10.9. The minimum Gasteiger partial charge on any atom is -0.309 e. The molecule has 9 heavy (non-hydrogen) atoms. The van der Waals surface area contributed by atoms with Crippen molar-refractivity contribution >= 4 is 5.78 Å². The van der Waals surface area contributed by atoms with Gasteiger partial charge < -0.3 is 5.32 Å². The first kappa shape index (κ1) is 5.42. The van der Waals surface area contributed by atoms with Crippen LogP contribution in [0.4, 0.5) is 0 Å². The van der Waals surface area contributed by atoms with Gasteiger partial charge in [0.05, 0.1) is 6.54 Å². The zero-order valence-corrected chi connectivity index (χ0v) is 5.44. The first-order valence-electron chi connectivity index (χ1n) is 3.53. The molecule has 0 amide bonds. The summed E-state index contributed by atoms with van der Waals surface area (Å²) >= 11 is 0. The van der Waals surface area contributed by atoms with E-state index in [1.54, 1.807) is 0 Å². The van der Waals surface area contributed by atoms with Gasteiger partial charge in [-0.15, -0.1) is 0 Å². The van der Waals surface area contributed by atoms with Crippen LogP contribution in [0, 0.1) is 5.41 Å². The Morgan fingerprint density at radius 2 is 2.22 bits per heavy atom. The molecule has 1 saturated heterocycles. The second kappa shape index (κ2) is 1.57. The molecule has 1 saturated carbocycles. The van der Waals surface area contributed by atoms with Crippen LogP contribution >= 0.6 is 0 Å². The first-order chi connectivity index (χ1) is 4.31. The lowest BCUT2D eigenvalue weighted by molar-refractivity contribution is -0.120. The van der Waals surface area contributed by atoms with Gasteiger partial charge >= 0.3 is 0 Å². The van der Waals surface area contributed by atoms with Gasteiger partial charge in [-0.05, 0) is 18.3 Å². The zero-order valence-electron chi connectivity index (χ0n) is 5.44. The Morgan fingerprint density at radius 1 is 1.44 bits per heavy atom. The fourth-order valence-corrected chi connectivity index (χ4v) is 1.54. The Hall–Kier alpha value is -0.370. The molecule has 0 aromatic rings. The van der Waals surface area contributed by atoms with Crippen molar-refractivity contribution in [3.63, 3.8) is 0 Å². The third-order valence-electron chi connectivity index (χ3n) is 2.35. The lowest BCUT2D eigenvalue weighted by atomic mass is 9.96. The molecule has 0 atom stereocenters. The maximum absolute atomic E-state index is 10.9. The molecule has 0 bridgehead atoms. The predicted octanol–water partition coefficient (Wildman–Crippen LogP) is 0.329. The third kappa shape index (κ3) is 0.874. The average molecular weight is 125 g/mol. The molecule has 0 aromatic carbocycles. The second-order valence-corrected chi connectivity index (χ2v) is 3.32. The van der Waals surface area contributed by atoms with E-state index in [-0.39, 0.29) is 0 Å². The molecule has 1 spiro atoms. The van der Waals surface area contributed by atoms with E-state index in [1.807, 2.05) is 0 Å². The number of nitrogens with one attached hydrogen (secondary N) is 1. The van der Waals surface area contributed by atoms with Crippen molar-refractivity contribution in [1.29, 1.82) is 0 Å². The van der Waals surface area contributed by atoms with Crippen molar-refractivity contribution in [2.45, 2.75) is 19.3 Å². The number of hydrogen-bond acceptors (Lipinski definition) is 2. The van der Waals surface area contributed by atoms with Gasteiger partial charge in [0.1, 0.15) is 5.78 Å². The van der Waals surface area contributed by atoms with Gasteiger partial charge in [-0.25, -0.2) is 0 Å². The number of piperidine rings is 1. The van der Waals surface area contributed by atoms with E-state index >= 15 is 0 Å². The lowest BCUT2D eigenvalue weighted by Crippen LogP contribution is -2.37. The Bertz CT molecular complexity index is 149. The summed E-state index contributed by atoms with van der Waals surface area (Å²) in [7, 11) is 0. The molecule has 2 aliphatic rings. The van der Waals surface area contributed by atoms with Gasteiger partial charge in [0.25, 0.3) is 0 Å². The summed E-state index contributed by atoms with van der Waals surface area (Å²) in [5.41, 5.74) is 0.440. The van der Waals surface area contributed by atoms with Crippen LogP contribution < -0.4 is 5.32 Å². The number of rotatable bonds is 0. The molecule has 1 aliphatic heterocycles. The maximum atomic E-state index is 10.9. The number of ketones is 1. The summed E-state index contributed by atoms with van der Waals surface area (Å²) in [5, 5.41) is 3.14. The second-order valence-electron chi connectivity index (χ2n) is 3.32. The Morgan fingerprint density at radius 3 is 2.67 bits per heavy atom. The fraction of sp³-hybridized carbons (Fsp3) is 0.857. The third-order valence-corrected chi connectivity index (χ3v) is 2.35. The highest BCUT2D eigenvalue weighted by molar-refractivity contribution is 5.82. The molecule has 50 valence electrons. The summed E-state index contributed by atoms with van der Waals surface area (Å²) in [6, 6.07) is 0. The molecule has 0 aromatic heterocycles. The molecular weight excluding hydrogens is 114 g/mol. The number of Topliss-reactive ketones (excluding diaryl/α,β-unsaturated/α-hetero) is 1. The van der Waals surface area contributed by atoms with E-state index in [4.69, 9.17) is 0 Å². The van der Waals surface area contributed by atoms with Crippen molar-refractivity contribution in [2.75, 3.05) is 13.1 Å². The Balaban J connectivity index is 2.04. The van der Waals surface area contributed by atoms with Crippen molar-refractivity contribution in [1.82, 2.24) is 5.32 Å². The van der Waals surface area contributed by atoms with Crippen LogP contribution in [0.25, 0.3) is 0 Å². The smallest absolute Gasteiger partial charge is 0.147 e. The van der Waals surface area contributed by atoms with Gasteiger partial charge in [-0.1, -0.05) is 0 Å². The number of carbonyl (C=O) groups excluding carboxylic acids is 1. The molecular formula is C7H11NO. The molecule has 1 aliphatic carbocycles. The standard InChI is InChI=1S/C7H11NO/c9-6-3-7(1-2-7)5-8-4-6/h8H,1-5H2. The van der Waals surface area contributed by atoms with Crippen LogP contribution in [0.5, 0.6) is 0 Å². The quantitative estimate of drug-likeness (QED) is 0.505. The molecule has 2 heteroatoms. The minimum atomic E-state index is 0.402. The van der Waals surface area contributed by atoms with Gasteiger partial charge in [-0.3, -0.25) is 4.79 Å². The summed E-state index contributed by atoms with van der Waals surface area (Å²) < 4.78 is 0. The Labute approximate surface area is 54.6 Å². The highest BCUT2D eigenvalue weighted by atomic mass is 16.1. The summed E-state index contributed by atoms with van der Waals surface area (Å²) in [6.07, 6.45) is 3.39. The monoisotopic (exact) mass is 125 g/mol. The zero-order chi connectivity index (χ0) is 6.32. The van der Waals surface area contributed by atoms with Gasteiger partial charge in [0, 0.05) is 13.0 Å². The molecule has 2 nitrogen and oxygen atoms in total. The lowest BCUT2D eigenvalue weighted by Gasteiger charge is -2.20. The minimum absolute atomic E-state index is 0.402. The molecule has 1 heterocycles. The number of carbonyl (C=O) groups is 1. The molecule has 0 radical (unpaired) electrons. The van der Waals surface area contributed by atoms with Gasteiger partial charge in [-0.2, -0.15) is 0 Å².